The highest BCUT2D eigenvalue weighted by Crippen LogP contribution is 2.24. The van der Waals surface area contributed by atoms with Crippen LogP contribution in [0.15, 0.2) is 39.5 Å². The molecule has 120 valence electrons. The van der Waals surface area contributed by atoms with E-state index in [-0.39, 0.29) is 18.2 Å². The molecule has 1 fully saturated rings. The predicted octanol–water partition coefficient (Wildman–Crippen LogP) is 2.12. The maximum atomic E-state index is 12.7. The van der Waals surface area contributed by atoms with Crippen molar-refractivity contribution >= 4 is 22.8 Å². The molecule has 0 radical (unpaired) electrons. The van der Waals surface area contributed by atoms with E-state index < -0.39 is 23.4 Å². The molecule has 2 atom stereocenters. The zero-order chi connectivity index (χ0) is 16.6. The number of amides is 1. The Morgan fingerprint density at radius 1 is 1.26 bits per heavy atom. The summed E-state index contributed by atoms with van der Waals surface area (Å²) in [7, 11) is 0. The lowest BCUT2D eigenvalue weighted by atomic mass is 9.93. The summed E-state index contributed by atoms with van der Waals surface area (Å²) < 4.78 is 5.19. The fourth-order valence-electron chi connectivity index (χ4n) is 2.96. The fraction of sp³-hybridized carbons (Fsp3) is 0.353. The normalized spacial score (nSPS) is 21.3. The number of rotatable bonds is 2. The van der Waals surface area contributed by atoms with Gasteiger partial charge in [-0.2, -0.15) is 0 Å². The lowest BCUT2D eigenvalue weighted by molar-refractivity contribution is -0.143. The Morgan fingerprint density at radius 2 is 2.00 bits per heavy atom. The van der Waals surface area contributed by atoms with Crippen molar-refractivity contribution in [2.45, 2.75) is 25.8 Å². The van der Waals surface area contributed by atoms with Crippen LogP contribution in [-0.4, -0.2) is 34.5 Å². The zero-order valence-electron chi connectivity index (χ0n) is 12.7. The summed E-state index contributed by atoms with van der Waals surface area (Å²) in [6, 6.07) is 8.37. The molecule has 0 saturated carbocycles. The minimum Gasteiger partial charge on any atom is -0.481 e. The van der Waals surface area contributed by atoms with Crippen molar-refractivity contribution < 1.29 is 19.1 Å². The summed E-state index contributed by atoms with van der Waals surface area (Å²) in [4.78, 5) is 37.5. The molecular formula is C17H17NO5. The second-order valence-corrected chi connectivity index (χ2v) is 5.90. The molecule has 1 aromatic heterocycles. The molecule has 0 aliphatic carbocycles. The van der Waals surface area contributed by atoms with Crippen LogP contribution in [0.2, 0.25) is 0 Å². The first-order chi connectivity index (χ1) is 11.0. The third-order valence-electron chi connectivity index (χ3n) is 4.36. The van der Waals surface area contributed by atoms with Gasteiger partial charge in [0.05, 0.1) is 5.92 Å². The van der Waals surface area contributed by atoms with Crippen molar-refractivity contribution in [3.05, 3.63) is 46.3 Å². The Bertz CT molecular complexity index is 825. The van der Waals surface area contributed by atoms with Crippen LogP contribution in [-0.2, 0) is 4.79 Å². The number of carboxylic acid groups (broad SMARTS) is 1. The second kappa shape index (κ2) is 5.87. The average Bonchev–Trinajstić information content (AvgIpc) is 2.53. The highest BCUT2D eigenvalue weighted by Gasteiger charge is 2.34. The minimum atomic E-state index is -0.916. The lowest BCUT2D eigenvalue weighted by Crippen LogP contribution is -2.48. The lowest BCUT2D eigenvalue weighted by Gasteiger charge is -2.36. The van der Waals surface area contributed by atoms with E-state index in [2.05, 4.69) is 0 Å². The zero-order valence-corrected chi connectivity index (χ0v) is 12.7. The number of likely N-dealkylation sites (tertiary alicyclic amines) is 1. The Balaban J connectivity index is 1.97. The van der Waals surface area contributed by atoms with Crippen LogP contribution in [0.25, 0.3) is 11.0 Å². The first-order valence-corrected chi connectivity index (χ1v) is 7.54. The molecule has 1 aliphatic rings. The van der Waals surface area contributed by atoms with Crippen LogP contribution in [0.5, 0.6) is 0 Å². The van der Waals surface area contributed by atoms with Crippen molar-refractivity contribution in [3.63, 3.8) is 0 Å². The predicted molar refractivity (Wildman–Crippen MR) is 83.3 cm³/mol. The van der Waals surface area contributed by atoms with Crippen LogP contribution < -0.4 is 5.63 Å². The third kappa shape index (κ3) is 2.84. The minimum absolute atomic E-state index is 0.0541. The molecule has 1 aliphatic heterocycles. The summed E-state index contributed by atoms with van der Waals surface area (Å²) in [5.41, 5.74) is -0.330. The molecule has 1 aromatic carbocycles. The number of carbonyl (C=O) groups excluding carboxylic acids is 1. The van der Waals surface area contributed by atoms with E-state index >= 15 is 0 Å². The molecule has 2 heterocycles. The number of carbonyl (C=O) groups is 2. The van der Waals surface area contributed by atoms with Crippen molar-refractivity contribution in [2.75, 3.05) is 6.54 Å². The van der Waals surface area contributed by atoms with Gasteiger partial charge in [-0.3, -0.25) is 9.59 Å². The molecular weight excluding hydrogens is 298 g/mol. The van der Waals surface area contributed by atoms with Gasteiger partial charge >= 0.3 is 11.6 Å². The van der Waals surface area contributed by atoms with Gasteiger partial charge < -0.3 is 14.4 Å². The second-order valence-electron chi connectivity index (χ2n) is 5.90. The SMILES string of the molecule is CC1CCC(C(=O)O)CN1C(=O)c1cc2ccccc2oc1=O. The summed E-state index contributed by atoms with van der Waals surface area (Å²) in [6.07, 6.45) is 1.13. The van der Waals surface area contributed by atoms with Gasteiger partial charge in [0, 0.05) is 18.0 Å². The van der Waals surface area contributed by atoms with Crippen LogP contribution in [0.1, 0.15) is 30.1 Å². The van der Waals surface area contributed by atoms with Gasteiger partial charge in [-0.25, -0.2) is 4.79 Å². The van der Waals surface area contributed by atoms with Gasteiger partial charge in [0.15, 0.2) is 0 Å². The average molecular weight is 315 g/mol. The van der Waals surface area contributed by atoms with Crippen molar-refractivity contribution in [1.82, 2.24) is 4.90 Å². The Kier molecular flexibility index (Phi) is 3.90. The molecule has 6 nitrogen and oxygen atoms in total. The molecule has 1 amide bonds. The van der Waals surface area contributed by atoms with Crippen LogP contribution in [0.4, 0.5) is 0 Å². The molecule has 0 spiro atoms. The number of hydrogen-bond donors (Lipinski definition) is 1. The molecule has 23 heavy (non-hydrogen) atoms. The Morgan fingerprint density at radius 3 is 2.74 bits per heavy atom. The maximum Gasteiger partial charge on any atom is 0.349 e. The van der Waals surface area contributed by atoms with E-state index in [4.69, 9.17) is 4.42 Å². The molecule has 0 bridgehead atoms. The summed E-state index contributed by atoms with van der Waals surface area (Å²) in [6.45, 7) is 1.97. The molecule has 1 N–H and O–H groups in total. The van der Waals surface area contributed by atoms with E-state index in [0.717, 1.165) is 0 Å². The van der Waals surface area contributed by atoms with E-state index in [1.807, 2.05) is 6.92 Å². The topological polar surface area (TPSA) is 87.8 Å². The highest BCUT2D eigenvalue weighted by molar-refractivity contribution is 5.97. The number of aliphatic carboxylic acids is 1. The first-order valence-electron chi connectivity index (χ1n) is 7.54. The van der Waals surface area contributed by atoms with Gasteiger partial charge in [-0.15, -0.1) is 0 Å². The number of fused-ring (bicyclic) bond motifs is 1. The monoisotopic (exact) mass is 315 g/mol. The maximum absolute atomic E-state index is 12.7. The summed E-state index contributed by atoms with van der Waals surface area (Å²) in [5.74, 6) is -1.98. The van der Waals surface area contributed by atoms with Gasteiger partial charge in [0.2, 0.25) is 0 Å². The first kappa shape index (κ1) is 15.3. The summed E-state index contributed by atoms with van der Waals surface area (Å²) >= 11 is 0. The Labute approximate surface area is 132 Å². The number of nitrogens with zero attached hydrogens (tertiary/aromatic N) is 1. The van der Waals surface area contributed by atoms with E-state index in [0.29, 0.717) is 23.8 Å². The number of hydrogen-bond acceptors (Lipinski definition) is 4. The quantitative estimate of drug-likeness (QED) is 0.858. The standard InChI is InChI=1S/C17H17NO5/c1-10-6-7-12(16(20)21)9-18(10)15(19)13-8-11-4-2-3-5-14(11)23-17(13)22/h2-5,8,10,12H,6-7,9H2,1H3,(H,20,21). The largest absolute Gasteiger partial charge is 0.481 e. The van der Waals surface area contributed by atoms with Gasteiger partial charge in [-0.05, 0) is 31.9 Å². The highest BCUT2D eigenvalue weighted by atomic mass is 16.4. The third-order valence-corrected chi connectivity index (χ3v) is 4.36. The van der Waals surface area contributed by atoms with Crippen LogP contribution >= 0.6 is 0 Å². The van der Waals surface area contributed by atoms with E-state index in [1.165, 1.54) is 11.0 Å². The van der Waals surface area contributed by atoms with Crippen LogP contribution in [0, 0.1) is 5.92 Å². The van der Waals surface area contributed by atoms with Crippen molar-refractivity contribution in [2.24, 2.45) is 5.92 Å². The molecule has 1 saturated heterocycles. The number of para-hydroxylation sites is 1. The van der Waals surface area contributed by atoms with Gasteiger partial charge in [-0.1, -0.05) is 18.2 Å². The molecule has 3 rings (SSSR count). The number of benzene rings is 1. The molecule has 2 unspecified atom stereocenters. The van der Waals surface area contributed by atoms with Crippen molar-refractivity contribution in [3.8, 4) is 0 Å². The van der Waals surface area contributed by atoms with Crippen LogP contribution in [0.3, 0.4) is 0 Å². The smallest absolute Gasteiger partial charge is 0.349 e. The van der Waals surface area contributed by atoms with Crippen molar-refractivity contribution in [1.29, 1.82) is 0 Å². The van der Waals surface area contributed by atoms with E-state index in [9.17, 15) is 19.5 Å². The molecule has 6 heteroatoms. The number of carboxylic acids is 1. The van der Waals surface area contributed by atoms with E-state index in [1.54, 1.807) is 24.3 Å². The summed E-state index contributed by atoms with van der Waals surface area (Å²) in [5, 5.41) is 9.83. The number of piperidine rings is 1. The molecule has 2 aromatic rings. The fourth-order valence-corrected chi connectivity index (χ4v) is 2.96. The van der Waals surface area contributed by atoms with Gasteiger partial charge in [0.1, 0.15) is 11.1 Å². The van der Waals surface area contributed by atoms with Gasteiger partial charge in [0.25, 0.3) is 5.91 Å². The Hall–Kier alpha value is -2.63.